The molecule has 3 rings (SSSR count). The van der Waals surface area contributed by atoms with Crippen LogP contribution in [0, 0.1) is 11.6 Å². The van der Waals surface area contributed by atoms with Crippen LogP contribution in [0.4, 0.5) is 14.7 Å². The lowest BCUT2D eigenvalue weighted by Crippen LogP contribution is -2.48. The molecule has 0 saturated carbocycles. The van der Waals surface area contributed by atoms with Crippen LogP contribution in [0.1, 0.15) is 12.8 Å². The third-order valence-corrected chi connectivity index (χ3v) is 5.34. The minimum atomic E-state index is -4.29. The van der Waals surface area contributed by atoms with Gasteiger partial charge in [0.2, 0.25) is 16.0 Å². The number of anilines is 1. The standard InChI is InChI=1S/C15H16F2N4O2S/c16-12-5-1-6-13(17)14(12)24(22,23)20-11-4-2-9-21(10-11)15-18-7-3-8-19-15/h1,3,5-8,11,20H,2,4,9-10H2/t11-/m0/s1. The first-order chi connectivity index (χ1) is 11.5. The van der Waals surface area contributed by atoms with Crippen molar-refractivity contribution in [1.29, 1.82) is 0 Å². The molecule has 0 radical (unpaired) electrons. The van der Waals surface area contributed by atoms with Gasteiger partial charge in [0.25, 0.3) is 0 Å². The molecule has 1 N–H and O–H groups in total. The summed E-state index contributed by atoms with van der Waals surface area (Å²) < 4.78 is 54.6. The van der Waals surface area contributed by atoms with E-state index in [0.717, 1.165) is 18.2 Å². The highest BCUT2D eigenvalue weighted by Gasteiger charge is 2.29. The molecule has 0 amide bonds. The summed E-state index contributed by atoms with van der Waals surface area (Å²) in [5.74, 6) is -1.72. The Morgan fingerprint density at radius 3 is 2.46 bits per heavy atom. The fraction of sp³-hybridized carbons (Fsp3) is 0.333. The monoisotopic (exact) mass is 354 g/mol. The van der Waals surface area contributed by atoms with Gasteiger partial charge in [0.05, 0.1) is 0 Å². The first kappa shape index (κ1) is 16.7. The number of benzene rings is 1. The van der Waals surface area contributed by atoms with Crippen LogP contribution < -0.4 is 9.62 Å². The van der Waals surface area contributed by atoms with Gasteiger partial charge in [0.15, 0.2) is 4.90 Å². The summed E-state index contributed by atoms with van der Waals surface area (Å²) in [7, 11) is -4.29. The highest BCUT2D eigenvalue weighted by atomic mass is 32.2. The lowest BCUT2D eigenvalue weighted by molar-refractivity contribution is 0.455. The van der Waals surface area contributed by atoms with Crippen LogP contribution in [-0.2, 0) is 10.0 Å². The summed E-state index contributed by atoms with van der Waals surface area (Å²) in [5.41, 5.74) is 0. The predicted octanol–water partition coefficient (Wildman–Crippen LogP) is 1.70. The maximum absolute atomic E-state index is 13.8. The van der Waals surface area contributed by atoms with Crippen molar-refractivity contribution >= 4 is 16.0 Å². The molecular formula is C15H16F2N4O2S. The van der Waals surface area contributed by atoms with Crippen LogP contribution in [0.15, 0.2) is 41.6 Å². The van der Waals surface area contributed by atoms with Gasteiger partial charge in [0, 0.05) is 31.5 Å². The average molecular weight is 354 g/mol. The van der Waals surface area contributed by atoms with Gasteiger partial charge in [-0.3, -0.25) is 0 Å². The van der Waals surface area contributed by atoms with Crippen LogP contribution in [0.25, 0.3) is 0 Å². The number of hydrogen-bond donors (Lipinski definition) is 1. The SMILES string of the molecule is O=S(=O)(N[C@H]1CCCN(c2ncccn2)C1)c1c(F)cccc1F. The predicted molar refractivity (Wildman–Crippen MR) is 83.9 cm³/mol. The molecule has 1 aromatic carbocycles. The molecule has 0 unspecified atom stereocenters. The van der Waals surface area contributed by atoms with E-state index in [1.807, 2.05) is 4.90 Å². The van der Waals surface area contributed by atoms with Gasteiger partial charge in [-0.1, -0.05) is 6.07 Å². The Morgan fingerprint density at radius 2 is 1.79 bits per heavy atom. The zero-order valence-electron chi connectivity index (χ0n) is 12.7. The largest absolute Gasteiger partial charge is 0.339 e. The van der Waals surface area contributed by atoms with Crippen LogP contribution in [-0.4, -0.2) is 37.5 Å². The molecule has 6 nitrogen and oxygen atoms in total. The van der Waals surface area contributed by atoms with Gasteiger partial charge in [-0.25, -0.2) is 31.9 Å². The van der Waals surface area contributed by atoms with Crippen molar-refractivity contribution in [2.45, 2.75) is 23.8 Å². The molecule has 0 bridgehead atoms. The lowest BCUT2D eigenvalue weighted by Gasteiger charge is -2.32. The number of nitrogens with zero attached hydrogens (tertiary/aromatic N) is 3. The molecule has 128 valence electrons. The van der Waals surface area contributed by atoms with Gasteiger partial charge < -0.3 is 4.90 Å². The second kappa shape index (κ2) is 6.78. The molecule has 1 atom stereocenters. The van der Waals surface area contributed by atoms with Crippen LogP contribution in [0.3, 0.4) is 0 Å². The molecule has 2 heterocycles. The summed E-state index contributed by atoms with van der Waals surface area (Å²) in [5, 5.41) is 0. The molecule has 0 spiro atoms. The molecule has 24 heavy (non-hydrogen) atoms. The van der Waals surface area contributed by atoms with Crippen molar-refractivity contribution in [2.75, 3.05) is 18.0 Å². The Kier molecular flexibility index (Phi) is 4.72. The van der Waals surface area contributed by atoms with Crippen LogP contribution in [0.2, 0.25) is 0 Å². The highest BCUT2D eigenvalue weighted by Crippen LogP contribution is 2.21. The van der Waals surface area contributed by atoms with E-state index in [-0.39, 0.29) is 0 Å². The summed E-state index contributed by atoms with van der Waals surface area (Å²) in [6.07, 6.45) is 4.49. The first-order valence-corrected chi connectivity index (χ1v) is 8.94. The fourth-order valence-electron chi connectivity index (χ4n) is 2.73. The third kappa shape index (κ3) is 3.51. The smallest absolute Gasteiger partial charge is 0.246 e. The maximum Gasteiger partial charge on any atom is 0.246 e. The number of nitrogens with one attached hydrogen (secondary N) is 1. The number of hydrogen-bond acceptors (Lipinski definition) is 5. The van der Waals surface area contributed by atoms with E-state index >= 15 is 0 Å². The van der Waals surface area contributed by atoms with E-state index in [0.29, 0.717) is 31.9 Å². The van der Waals surface area contributed by atoms with Crippen molar-refractivity contribution in [3.8, 4) is 0 Å². The zero-order valence-corrected chi connectivity index (χ0v) is 13.5. The molecule has 0 aliphatic carbocycles. The number of sulfonamides is 1. The molecule has 1 aliphatic rings. The van der Waals surface area contributed by atoms with E-state index in [4.69, 9.17) is 0 Å². The first-order valence-electron chi connectivity index (χ1n) is 7.46. The van der Waals surface area contributed by atoms with Crippen LogP contribution >= 0.6 is 0 Å². The third-order valence-electron chi connectivity index (χ3n) is 3.77. The number of halogens is 2. The Morgan fingerprint density at radius 1 is 1.12 bits per heavy atom. The van der Waals surface area contributed by atoms with Gasteiger partial charge >= 0.3 is 0 Å². The molecule has 1 saturated heterocycles. The topological polar surface area (TPSA) is 75.2 Å². The van der Waals surface area contributed by atoms with Gasteiger partial charge in [-0.2, -0.15) is 0 Å². The van der Waals surface area contributed by atoms with Crippen molar-refractivity contribution < 1.29 is 17.2 Å². The van der Waals surface area contributed by atoms with Crippen molar-refractivity contribution in [1.82, 2.24) is 14.7 Å². The second-order valence-corrected chi connectivity index (χ2v) is 7.16. The Labute approximate surface area is 138 Å². The van der Waals surface area contributed by atoms with E-state index in [2.05, 4.69) is 14.7 Å². The van der Waals surface area contributed by atoms with E-state index in [9.17, 15) is 17.2 Å². The summed E-state index contributed by atoms with van der Waals surface area (Å²) >= 11 is 0. The second-order valence-electron chi connectivity index (χ2n) is 5.51. The average Bonchev–Trinajstić information content (AvgIpc) is 2.55. The molecule has 2 aromatic rings. The van der Waals surface area contributed by atoms with Crippen molar-refractivity contribution in [2.24, 2.45) is 0 Å². The Bertz CT molecular complexity index is 797. The Hall–Kier alpha value is -2.13. The van der Waals surface area contributed by atoms with E-state index in [1.54, 1.807) is 18.5 Å². The molecule has 9 heteroatoms. The zero-order chi connectivity index (χ0) is 17.2. The normalized spacial score (nSPS) is 18.6. The van der Waals surface area contributed by atoms with Gasteiger partial charge in [-0.15, -0.1) is 0 Å². The Balaban J connectivity index is 1.78. The van der Waals surface area contributed by atoms with Crippen molar-refractivity contribution in [3.05, 3.63) is 48.3 Å². The quantitative estimate of drug-likeness (QED) is 0.905. The minimum absolute atomic E-state index is 0.333. The molecule has 1 aromatic heterocycles. The number of aromatic nitrogens is 2. The van der Waals surface area contributed by atoms with Crippen molar-refractivity contribution in [3.63, 3.8) is 0 Å². The summed E-state index contributed by atoms with van der Waals surface area (Å²) in [4.78, 5) is 9.17. The van der Waals surface area contributed by atoms with E-state index in [1.165, 1.54) is 0 Å². The van der Waals surface area contributed by atoms with E-state index < -0.39 is 32.6 Å². The number of rotatable bonds is 4. The maximum atomic E-state index is 13.8. The summed E-state index contributed by atoms with van der Waals surface area (Å²) in [6.45, 7) is 1.02. The fourth-order valence-corrected chi connectivity index (χ4v) is 4.13. The molecular weight excluding hydrogens is 338 g/mol. The lowest BCUT2D eigenvalue weighted by atomic mass is 10.1. The molecule has 1 aliphatic heterocycles. The van der Waals surface area contributed by atoms with Gasteiger partial charge in [0.1, 0.15) is 11.6 Å². The molecule has 1 fully saturated rings. The number of piperidine rings is 1. The van der Waals surface area contributed by atoms with Crippen LogP contribution in [0.5, 0.6) is 0 Å². The minimum Gasteiger partial charge on any atom is -0.339 e. The van der Waals surface area contributed by atoms with Gasteiger partial charge in [-0.05, 0) is 31.0 Å². The summed E-state index contributed by atoms with van der Waals surface area (Å²) in [6, 6.07) is 4.17. The highest BCUT2D eigenvalue weighted by molar-refractivity contribution is 7.89.